The fraction of sp³-hybridized carbons (Fsp3) is 0.588. The standard InChI is InChI=1S/C17H26N2O2/c1-4-21-17(20)16(19-8-5-6-18-7-9-19)15-11-13(2)10-14(3)12-15/h10-12,16,18H,4-9H2,1-3H3. The molecule has 1 N–H and O–H groups in total. The largest absolute Gasteiger partial charge is 0.465 e. The van der Waals surface area contributed by atoms with Crippen LogP contribution in [0.25, 0.3) is 0 Å². The quantitative estimate of drug-likeness (QED) is 0.863. The van der Waals surface area contributed by atoms with Gasteiger partial charge in [0.05, 0.1) is 6.61 Å². The second-order valence-corrected chi connectivity index (χ2v) is 5.72. The topological polar surface area (TPSA) is 41.6 Å². The van der Waals surface area contributed by atoms with Gasteiger partial charge >= 0.3 is 5.97 Å². The minimum Gasteiger partial charge on any atom is -0.465 e. The average molecular weight is 290 g/mol. The molecule has 1 aromatic carbocycles. The lowest BCUT2D eigenvalue weighted by Crippen LogP contribution is -2.37. The van der Waals surface area contributed by atoms with Crippen molar-refractivity contribution >= 4 is 5.97 Å². The molecule has 1 saturated heterocycles. The molecule has 2 rings (SSSR count). The van der Waals surface area contributed by atoms with Crippen LogP contribution in [0.4, 0.5) is 0 Å². The van der Waals surface area contributed by atoms with E-state index in [-0.39, 0.29) is 12.0 Å². The fourth-order valence-corrected chi connectivity index (χ4v) is 3.01. The molecule has 0 amide bonds. The summed E-state index contributed by atoms with van der Waals surface area (Å²) in [6.07, 6.45) is 1.06. The van der Waals surface area contributed by atoms with Crippen molar-refractivity contribution in [1.82, 2.24) is 10.2 Å². The molecule has 1 unspecified atom stereocenters. The van der Waals surface area contributed by atoms with Gasteiger partial charge in [-0.3, -0.25) is 4.90 Å². The Morgan fingerprint density at radius 2 is 1.95 bits per heavy atom. The van der Waals surface area contributed by atoms with Crippen molar-refractivity contribution in [3.8, 4) is 0 Å². The molecule has 0 radical (unpaired) electrons. The van der Waals surface area contributed by atoms with Gasteiger partial charge in [-0.2, -0.15) is 0 Å². The summed E-state index contributed by atoms with van der Waals surface area (Å²) in [7, 11) is 0. The third kappa shape index (κ3) is 4.29. The minimum atomic E-state index is -0.288. The third-order valence-electron chi connectivity index (χ3n) is 3.81. The lowest BCUT2D eigenvalue weighted by Gasteiger charge is -2.29. The summed E-state index contributed by atoms with van der Waals surface area (Å²) in [6, 6.07) is 6.05. The molecular formula is C17H26N2O2. The first-order valence-electron chi connectivity index (χ1n) is 7.81. The van der Waals surface area contributed by atoms with Gasteiger partial charge in [-0.15, -0.1) is 0 Å². The SMILES string of the molecule is CCOC(=O)C(c1cc(C)cc(C)c1)N1CCCNCC1. The highest BCUT2D eigenvalue weighted by molar-refractivity contribution is 5.78. The number of carbonyl (C=O) groups is 1. The van der Waals surface area contributed by atoms with Gasteiger partial charge in [-0.25, -0.2) is 4.79 Å². The summed E-state index contributed by atoms with van der Waals surface area (Å²) in [6.45, 7) is 10.2. The van der Waals surface area contributed by atoms with Gasteiger partial charge in [-0.05, 0) is 39.3 Å². The zero-order valence-electron chi connectivity index (χ0n) is 13.3. The lowest BCUT2D eigenvalue weighted by atomic mass is 10.00. The Labute approximate surface area is 127 Å². The highest BCUT2D eigenvalue weighted by Crippen LogP contribution is 2.25. The van der Waals surface area contributed by atoms with E-state index in [0.29, 0.717) is 6.61 Å². The average Bonchev–Trinajstić information content (AvgIpc) is 2.67. The van der Waals surface area contributed by atoms with Crippen LogP contribution >= 0.6 is 0 Å². The zero-order valence-corrected chi connectivity index (χ0v) is 13.3. The molecule has 1 fully saturated rings. The maximum atomic E-state index is 12.5. The van der Waals surface area contributed by atoms with E-state index in [1.807, 2.05) is 6.92 Å². The number of aryl methyl sites for hydroxylation is 2. The van der Waals surface area contributed by atoms with E-state index in [0.717, 1.165) is 38.2 Å². The Morgan fingerprint density at radius 1 is 1.24 bits per heavy atom. The van der Waals surface area contributed by atoms with Gasteiger partial charge in [-0.1, -0.05) is 29.3 Å². The van der Waals surface area contributed by atoms with E-state index in [1.54, 1.807) is 0 Å². The van der Waals surface area contributed by atoms with E-state index in [1.165, 1.54) is 11.1 Å². The van der Waals surface area contributed by atoms with Gasteiger partial charge in [0.2, 0.25) is 0 Å². The maximum absolute atomic E-state index is 12.5. The molecule has 0 spiro atoms. The van der Waals surface area contributed by atoms with Gasteiger partial charge < -0.3 is 10.1 Å². The van der Waals surface area contributed by atoms with E-state index in [9.17, 15) is 4.79 Å². The Kier molecular flexibility index (Phi) is 5.76. The molecule has 0 bridgehead atoms. The number of rotatable bonds is 4. The van der Waals surface area contributed by atoms with Crippen LogP contribution in [0.1, 0.15) is 36.1 Å². The summed E-state index contributed by atoms with van der Waals surface area (Å²) < 4.78 is 5.33. The molecule has 116 valence electrons. The van der Waals surface area contributed by atoms with Gasteiger partial charge in [0.15, 0.2) is 0 Å². The molecule has 1 aliphatic heterocycles. The van der Waals surface area contributed by atoms with Crippen LogP contribution in [-0.4, -0.2) is 43.7 Å². The van der Waals surface area contributed by atoms with Gasteiger partial charge in [0.1, 0.15) is 6.04 Å². The monoisotopic (exact) mass is 290 g/mol. The van der Waals surface area contributed by atoms with Crippen LogP contribution in [0.15, 0.2) is 18.2 Å². The summed E-state index contributed by atoms with van der Waals surface area (Å²) in [5, 5.41) is 3.38. The van der Waals surface area contributed by atoms with Crippen LogP contribution in [0.2, 0.25) is 0 Å². The Hall–Kier alpha value is -1.39. The normalized spacial score (nSPS) is 18.0. The maximum Gasteiger partial charge on any atom is 0.328 e. The number of hydrogen-bond donors (Lipinski definition) is 1. The first-order chi connectivity index (χ1) is 10.1. The van der Waals surface area contributed by atoms with E-state index < -0.39 is 0 Å². The van der Waals surface area contributed by atoms with Crippen molar-refractivity contribution < 1.29 is 9.53 Å². The fourth-order valence-electron chi connectivity index (χ4n) is 3.01. The number of nitrogens with zero attached hydrogens (tertiary/aromatic N) is 1. The van der Waals surface area contributed by atoms with Gasteiger partial charge in [0, 0.05) is 19.6 Å². The Balaban J connectivity index is 2.31. The molecule has 4 heteroatoms. The highest BCUT2D eigenvalue weighted by atomic mass is 16.5. The first kappa shape index (κ1) is 16.0. The van der Waals surface area contributed by atoms with Crippen molar-refractivity contribution in [1.29, 1.82) is 0 Å². The summed E-state index contributed by atoms with van der Waals surface area (Å²) in [5.41, 5.74) is 3.42. The second-order valence-electron chi connectivity index (χ2n) is 5.72. The van der Waals surface area contributed by atoms with Crippen LogP contribution in [0, 0.1) is 13.8 Å². The van der Waals surface area contributed by atoms with Crippen molar-refractivity contribution in [3.63, 3.8) is 0 Å². The zero-order chi connectivity index (χ0) is 15.2. The molecule has 1 aromatic rings. The molecular weight excluding hydrogens is 264 g/mol. The van der Waals surface area contributed by atoms with Crippen molar-refractivity contribution in [2.24, 2.45) is 0 Å². The Morgan fingerprint density at radius 3 is 2.62 bits per heavy atom. The first-order valence-corrected chi connectivity index (χ1v) is 7.81. The van der Waals surface area contributed by atoms with E-state index in [2.05, 4.69) is 42.3 Å². The molecule has 0 saturated carbocycles. The number of esters is 1. The molecule has 4 nitrogen and oxygen atoms in total. The summed E-state index contributed by atoms with van der Waals surface area (Å²) in [5.74, 6) is -0.135. The predicted octanol–water partition coefficient (Wildman–Crippen LogP) is 2.20. The van der Waals surface area contributed by atoms with Crippen LogP contribution < -0.4 is 5.32 Å². The third-order valence-corrected chi connectivity index (χ3v) is 3.81. The molecule has 1 atom stereocenters. The van der Waals surface area contributed by atoms with E-state index in [4.69, 9.17) is 4.74 Å². The number of hydrogen-bond acceptors (Lipinski definition) is 4. The van der Waals surface area contributed by atoms with E-state index >= 15 is 0 Å². The highest BCUT2D eigenvalue weighted by Gasteiger charge is 2.29. The molecule has 1 aliphatic rings. The van der Waals surface area contributed by atoms with Crippen molar-refractivity contribution in [3.05, 3.63) is 34.9 Å². The second kappa shape index (κ2) is 7.57. The van der Waals surface area contributed by atoms with Crippen molar-refractivity contribution in [2.45, 2.75) is 33.2 Å². The smallest absolute Gasteiger partial charge is 0.328 e. The molecule has 0 aliphatic carbocycles. The van der Waals surface area contributed by atoms with Crippen molar-refractivity contribution in [2.75, 3.05) is 32.8 Å². The number of carbonyl (C=O) groups excluding carboxylic acids is 1. The number of nitrogens with one attached hydrogen (secondary N) is 1. The lowest BCUT2D eigenvalue weighted by molar-refractivity contribution is -0.149. The predicted molar refractivity (Wildman–Crippen MR) is 84.3 cm³/mol. The molecule has 0 aromatic heterocycles. The van der Waals surface area contributed by atoms with Crippen LogP contribution in [0.3, 0.4) is 0 Å². The van der Waals surface area contributed by atoms with Crippen LogP contribution in [-0.2, 0) is 9.53 Å². The minimum absolute atomic E-state index is 0.135. The molecule has 21 heavy (non-hydrogen) atoms. The van der Waals surface area contributed by atoms with Crippen LogP contribution in [0.5, 0.6) is 0 Å². The number of benzene rings is 1. The number of ether oxygens (including phenoxy) is 1. The van der Waals surface area contributed by atoms with Gasteiger partial charge in [0.25, 0.3) is 0 Å². The summed E-state index contributed by atoms with van der Waals surface area (Å²) in [4.78, 5) is 14.7. The Bertz CT molecular complexity index is 459. The molecule has 1 heterocycles. The summed E-state index contributed by atoms with van der Waals surface area (Å²) >= 11 is 0.